The fourth-order valence-corrected chi connectivity index (χ4v) is 3.53. The second-order valence-corrected chi connectivity index (χ2v) is 6.47. The molecule has 1 aliphatic heterocycles. The van der Waals surface area contributed by atoms with E-state index in [1.165, 1.54) is 16.7 Å². The zero-order chi connectivity index (χ0) is 13.2. The number of piperidine rings is 1. The minimum Gasteiger partial charge on any atom is -0.368 e. The topological polar surface area (TPSA) is 89.2 Å². The predicted octanol–water partition coefficient (Wildman–Crippen LogP) is 0.870. The van der Waals surface area contributed by atoms with Crippen molar-refractivity contribution in [3.05, 3.63) is 12.4 Å². The van der Waals surface area contributed by atoms with Crippen LogP contribution in [0.25, 0.3) is 0 Å². The number of anilines is 1. The van der Waals surface area contributed by atoms with Crippen molar-refractivity contribution in [2.45, 2.75) is 31.1 Å². The summed E-state index contributed by atoms with van der Waals surface area (Å²) in [5.74, 6) is 0.720. The molecule has 18 heavy (non-hydrogen) atoms. The molecule has 0 bridgehead atoms. The van der Waals surface area contributed by atoms with Gasteiger partial charge in [0.2, 0.25) is 16.0 Å². The van der Waals surface area contributed by atoms with Crippen LogP contribution in [0.5, 0.6) is 0 Å². The maximum atomic E-state index is 12.3. The molecule has 1 fully saturated rings. The monoisotopic (exact) mass is 270 g/mol. The Hall–Kier alpha value is -1.21. The Bertz CT molecular complexity index is 492. The van der Waals surface area contributed by atoms with Crippen molar-refractivity contribution in [2.24, 2.45) is 5.92 Å². The van der Waals surface area contributed by atoms with E-state index in [1.807, 2.05) is 0 Å². The number of hydrogen-bond donors (Lipinski definition) is 1. The van der Waals surface area contributed by atoms with E-state index >= 15 is 0 Å². The molecule has 0 atom stereocenters. The molecule has 0 amide bonds. The van der Waals surface area contributed by atoms with Crippen LogP contribution in [0.2, 0.25) is 0 Å². The van der Waals surface area contributed by atoms with Gasteiger partial charge in [-0.3, -0.25) is 0 Å². The molecule has 2 heterocycles. The summed E-state index contributed by atoms with van der Waals surface area (Å²) in [6, 6.07) is 0. The quantitative estimate of drug-likeness (QED) is 0.880. The summed E-state index contributed by atoms with van der Waals surface area (Å²) in [7, 11) is -3.46. The van der Waals surface area contributed by atoms with Crippen LogP contribution in [0.3, 0.4) is 0 Å². The molecule has 0 radical (unpaired) electrons. The molecule has 0 aromatic carbocycles. The Morgan fingerprint density at radius 3 is 2.39 bits per heavy atom. The molecule has 2 rings (SSSR count). The molecule has 1 aliphatic rings. The standard InChI is InChI=1S/C11H18N4O2S/c1-2-9-3-5-15(6-4-9)18(16,17)10-7-13-11(12)14-8-10/h7-9H,2-6H2,1H3,(H2,12,13,14). The van der Waals surface area contributed by atoms with E-state index in [9.17, 15) is 8.42 Å². The molecule has 100 valence electrons. The van der Waals surface area contributed by atoms with Crippen molar-refractivity contribution in [3.63, 3.8) is 0 Å². The maximum Gasteiger partial charge on any atom is 0.246 e. The van der Waals surface area contributed by atoms with Gasteiger partial charge >= 0.3 is 0 Å². The Kier molecular flexibility index (Phi) is 3.82. The molecule has 6 nitrogen and oxygen atoms in total. The number of rotatable bonds is 3. The molecule has 0 aliphatic carbocycles. The molecule has 2 N–H and O–H groups in total. The fraction of sp³-hybridized carbons (Fsp3) is 0.636. The average Bonchev–Trinajstić information content (AvgIpc) is 2.39. The van der Waals surface area contributed by atoms with Gasteiger partial charge in [-0.25, -0.2) is 18.4 Å². The molecule has 0 unspecified atom stereocenters. The van der Waals surface area contributed by atoms with Crippen molar-refractivity contribution in [2.75, 3.05) is 18.8 Å². The summed E-state index contributed by atoms with van der Waals surface area (Å²) >= 11 is 0. The highest BCUT2D eigenvalue weighted by Gasteiger charge is 2.29. The van der Waals surface area contributed by atoms with Crippen LogP contribution in [0.1, 0.15) is 26.2 Å². The highest BCUT2D eigenvalue weighted by atomic mass is 32.2. The van der Waals surface area contributed by atoms with E-state index < -0.39 is 10.0 Å². The maximum absolute atomic E-state index is 12.3. The van der Waals surface area contributed by atoms with Crippen LogP contribution in [-0.4, -0.2) is 35.8 Å². The fourth-order valence-electron chi connectivity index (χ4n) is 2.17. The highest BCUT2D eigenvalue weighted by molar-refractivity contribution is 7.89. The number of aromatic nitrogens is 2. The lowest BCUT2D eigenvalue weighted by Gasteiger charge is -2.30. The smallest absolute Gasteiger partial charge is 0.246 e. The van der Waals surface area contributed by atoms with Crippen LogP contribution in [0, 0.1) is 5.92 Å². The van der Waals surface area contributed by atoms with Gasteiger partial charge in [0.25, 0.3) is 0 Å². The van der Waals surface area contributed by atoms with Crippen molar-refractivity contribution in [1.29, 1.82) is 0 Å². The Labute approximate surface area is 107 Å². The normalized spacial score (nSPS) is 18.9. The number of nitrogen functional groups attached to an aromatic ring is 1. The van der Waals surface area contributed by atoms with Crippen LogP contribution in [0.4, 0.5) is 5.95 Å². The van der Waals surface area contributed by atoms with Crippen molar-refractivity contribution < 1.29 is 8.42 Å². The van der Waals surface area contributed by atoms with Crippen molar-refractivity contribution in [1.82, 2.24) is 14.3 Å². The largest absolute Gasteiger partial charge is 0.368 e. The van der Waals surface area contributed by atoms with Crippen LogP contribution < -0.4 is 5.73 Å². The molecular formula is C11H18N4O2S. The van der Waals surface area contributed by atoms with Gasteiger partial charge in [0.1, 0.15) is 4.90 Å². The summed E-state index contributed by atoms with van der Waals surface area (Å²) in [5, 5.41) is 0. The van der Waals surface area contributed by atoms with Crippen LogP contribution in [0.15, 0.2) is 17.3 Å². The first-order valence-electron chi connectivity index (χ1n) is 6.11. The second-order valence-electron chi connectivity index (χ2n) is 4.53. The summed E-state index contributed by atoms with van der Waals surface area (Å²) < 4.78 is 26.1. The highest BCUT2D eigenvalue weighted by Crippen LogP contribution is 2.24. The third-order valence-electron chi connectivity index (χ3n) is 3.44. The summed E-state index contributed by atoms with van der Waals surface area (Å²) in [6.45, 7) is 3.29. The van der Waals surface area contributed by atoms with E-state index in [2.05, 4.69) is 16.9 Å². The number of nitrogens with zero attached hydrogens (tertiary/aromatic N) is 3. The minimum atomic E-state index is -3.46. The van der Waals surface area contributed by atoms with Gasteiger partial charge in [-0.1, -0.05) is 13.3 Å². The predicted molar refractivity (Wildman–Crippen MR) is 68.2 cm³/mol. The Morgan fingerprint density at radius 2 is 1.89 bits per heavy atom. The van der Waals surface area contributed by atoms with E-state index in [4.69, 9.17) is 5.73 Å². The van der Waals surface area contributed by atoms with Gasteiger partial charge in [0.05, 0.1) is 12.4 Å². The number of sulfonamides is 1. The lowest BCUT2D eigenvalue weighted by Crippen LogP contribution is -2.38. The van der Waals surface area contributed by atoms with E-state index in [-0.39, 0.29) is 10.8 Å². The van der Waals surface area contributed by atoms with Gasteiger partial charge in [-0.15, -0.1) is 0 Å². The molecule has 0 saturated carbocycles. The molecule has 1 aromatic rings. The van der Waals surface area contributed by atoms with Gasteiger partial charge in [-0.05, 0) is 18.8 Å². The number of nitrogens with two attached hydrogens (primary N) is 1. The summed E-state index contributed by atoms with van der Waals surface area (Å²) in [4.78, 5) is 7.58. The van der Waals surface area contributed by atoms with Gasteiger partial charge in [0, 0.05) is 13.1 Å². The van der Waals surface area contributed by atoms with Crippen molar-refractivity contribution >= 4 is 16.0 Å². The number of hydrogen-bond acceptors (Lipinski definition) is 5. The lowest BCUT2D eigenvalue weighted by molar-refractivity contribution is 0.269. The first kappa shape index (κ1) is 13.2. The zero-order valence-electron chi connectivity index (χ0n) is 10.4. The molecule has 1 aromatic heterocycles. The lowest BCUT2D eigenvalue weighted by atomic mass is 9.96. The third kappa shape index (κ3) is 2.62. The van der Waals surface area contributed by atoms with Gasteiger partial charge < -0.3 is 5.73 Å². The third-order valence-corrected chi connectivity index (χ3v) is 5.29. The SMILES string of the molecule is CCC1CCN(S(=O)(=O)c2cnc(N)nc2)CC1. The molecule has 0 spiro atoms. The van der Waals surface area contributed by atoms with Crippen LogP contribution in [-0.2, 0) is 10.0 Å². The Morgan fingerprint density at radius 1 is 1.33 bits per heavy atom. The van der Waals surface area contributed by atoms with Gasteiger partial charge in [-0.2, -0.15) is 4.31 Å². The zero-order valence-corrected chi connectivity index (χ0v) is 11.2. The first-order chi connectivity index (χ1) is 8.54. The van der Waals surface area contributed by atoms with E-state index in [0.717, 1.165) is 19.3 Å². The first-order valence-corrected chi connectivity index (χ1v) is 7.55. The van der Waals surface area contributed by atoms with E-state index in [0.29, 0.717) is 19.0 Å². The summed E-state index contributed by atoms with van der Waals surface area (Å²) in [6.07, 6.45) is 5.49. The minimum absolute atomic E-state index is 0.0821. The average molecular weight is 270 g/mol. The Balaban J connectivity index is 2.15. The molecule has 1 saturated heterocycles. The van der Waals surface area contributed by atoms with Crippen molar-refractivity contribution in [3.8, 4) is 0 Å². The van der Waals surface area contributed by atoms with Crippen LogP contribution >= 0.6 is 0 Å². The van der Waals surface area contributed by atoms with E-state index in [1.54, 1.807) is 0 Å². The molecule has 7 heteroatoms. The van der Waals surface area contributed by atoms with Gasteiger partial charge in [0.15, 0.2) is 0 Å². The second kappa shape index (κ2) is 5.19. The summed E-state index contributed by atoms with van der Waals surface area (Å²) in [5.41, 5.74) is 5.35. The molecular weight excluding hydrogens is 252 g/mol.